The van der Waals surface area contributed by atoms with E-state index in [4.69, 9.17) is 5.73 Å². The number of benzene rings is 1. The number of nitrogens with two attached hydrogens (primary N) is 1. The average molecular weight is 436 g/mol. The van der Waals surface area contributed by atoms with Crippen molar-refractivity contribution in [1.82, 2.24) is 9.62 Å². The Kier molecular flexibility index (Phi) is 8.07. The Morgan fingerprint density at radius 1 is 1.24 bits per heavy atom. The molecule has 164 valence electrons. The molecule has 0 aromatic heterocycles. The molecule has 6 nitrogen and oxygen atoms in total. The van der Waals surface area contributed by atoms with E-state index in [0.29, 0.717) is 25.3 Å². The number of sulfonamides is 1. The first-order valence-electron chi connectivity index (χ1n) is 9.66. The van der Waals surface area contributed by atoms with Crippen LogP contribution in [0.3, 0.4) is 0 Å². The van der Waals surface area contributed by atoms with Crippen LogP contribution < -0.4 is 11.1 Å². The topological polar surface area (TPSA) is 92.5 Å². The molecule has 0 bridgehead atoms. The first kappa shape index (κ1) is 23.6. The molecule has 10 heteroatoms. The van der Waals surface area contributed by atoms with Gasteiger partial charge in [0.1, 0.15) is 5.82 Å². The van der Waals surface area contributed by atoms with E-state index in [-0.39, 0.29) is 42.3 Å². The summed E-state index contributed by atoms with van der Waals surface area (Å²) in [6.07, 6.45) is 2.33. The number of carbonyl (C=O) groups excluding carboxylic acids is 1. The molecule has 1 heterocycles. The number of nitrogens with zero attached hydrogens (tertiary/aromatic N) is 1. The lowest BCUT2D eigenvalue weighted by Crippen LogP contribution is -2.44. The largest absolute Gasteiger partial charge is 0.355 e. The summed E-state index contributed by atoms with van der Waals surface area (Å²) in [5.74, 6) is -3.70. The van der Waals surface area contributed by atoms with E-state index in [1.807, 2.05) is 6.92 Å². The highest BCUT2D eigenvalue weighted by Crippen LogP contribution is 2.30. The molecule has 1 aromatic rings. The van der Waals surface area contributed by atoms with E-state index in [2.05, 4.69) is 5.32 Å². The minimum Gasteiger partial charge on any atom is -0.355 e. The lowest BCUT2D eigenvalue weighted by molar-refractivity contribution is -0.118. The van der Waals surface area contributed by atoms with Gasteiger partial charge < -0.3 is 11.1 Å². The fraction of sp³-hybridized carbons (Fsp3) is 0.632. The van der Waals surface area contributed by atoms with Crippen molar-refractivity contribution < 1.29 is 26.4 Å². The van der Waals surface area contributed by atoms with Crippen molar-refractivity contribution in [1.29, 1.82) is 0 Å². The summed E-state index contributed by atoms with van der Waals surface area (Å²) in [5.41, 5.74) is 6.04. The Bertz CT molecular complexity index is 835. The van der Waals surface area contributed by atoms with Crippen molar-refractivity contribution >= 4 is 15.9 Å². The monoisotopic (exact) mass is 435 g/mol. The minimum absolute atomic E-state index is 0.00373. The van der Waals surface area contributed by atoms with Crippen LogP contribution in [-0.2, 0) is 21.2 Å². The van der Waals surface area contributed by atoms with Crippen LogP contribution in [0.5, 0.6) is 0 Å². The first-order chi connectivity index (χ1) is 13.5. The third kappa shape index (κ3) is 6.42. The first-order valence-corrected chi connectivity index (χ1v) is 11.3. The molecular formula is C19H28F3N3O3S. The summed E-state index contributed by atoms with van der Waals surface area (Å²) in [6, 6.07) is 0.407. The van der Waals surface area contributed by atoms with Crippen molar-refractivity contribution in [2.24, 2.45) is 5.73 Å². The molecule has 1 amide bonds. The highest BCUT2D eigenvalue weighted by atomic mass is 32.2. The Labute approximate surface area is 169 Å². The zero-order chi connectivity index (χ0) is 21.8. The summed E-state index contributed by atoms with van der Waals surface area (Å²) in [4.78, 5) is 11.0. The van der Waals surface area contributed by atoms with Crippen LogP contribution in [0.2, 0.25) is 0 Å². The van der Waals surface area contributed by atoms with Gasteiger partial charge in [0.05, 0.1) is 5.75 Å². The molecule has 0 saturated carbocycles. The summed E-state index contributed by atoms with van der Waals surface area (Å²) in [5, 5.41) is 2.49. The molecule has 0 radical (unpaired) electrons. The van der Waals surface area contributed by atoms with E-state index in [1.165, 1.54) is 11.2 Å². The van der Waals surface area contributed by atoms with Gasteiger partial charge in [-0.3, -0.25) is 4.79 Å². The van der Waals surface area contributed by atoms with Crippen LogP contribution in [0.15, 0.2) is 12.1 Å². The Hall–Kier alpha value is -1.65. The minimum atomic E-state index is -3.55. The van der Waals surface area contributed by atoms with Gasteiger partial charge in [-0.1, -0.05) is 0 Å². The second kappa shape index (κ2) is 9.90. The number of nitrogens with one attached hydrogen (secondary N) is 1. The van der Waals surface area contributed by atoms with Gasteiger partial charge in [-0.05, 0) is 50.7 Å². The molecule has 3 N–H and O–H groups in total. The second-order valence-corrected chi connectivity index (χ2v) is 9.60. The maximum absolute atomic E-state index is 13.8. The third-order valence-corrected chi connectivity index (χ3v) is 7.23. The van der Waals surface area contributed by atoms with Gasteiger partial charge in [-0.15, -0.1) is 0 Å². The Morgan fingerprint density at radius 2 is 1.90 bits per heavy atom. The van der Waals surface area contributed by atoms with Crippen molar-refractivity contribution in [2.75, 3.05) is 12.3 Å². The SMILES string of the molecule is CC(=O)NCCS(=O)(=O)N1C(C)CCC1CC[C@H](N)Cc1cc(F)c(F)cc1F. The zero-order valence-electron chi connectivity index (χ0n) is 16.6. The van der Waals surface area contributed by atoms with Crippen molar-refractivity contribution in [3.63, 3.8) is 0 Å². The van der Waals surface area contributed by atoms with Gasteiger partial charge >= 0.3 is 0 Å². The molecule has 1 fully saturated rings. The number of hydrogen-bond acceptors (Lipinski definition) is 4. The predicted molar refractivity (Wildman–Crippen MR) is 104 cm³/mol. The van der Waals surface area contributed by atoms with Gasteiger partial charge in [0, 0.05) is 37.7 Å². The quantitative estimate of drug-likeness (QED) is 0.581. The van der Waals surface area contributed by atoms with Crippen LogP contribution in [0, 0.1) is 17.5 Å². The van der Waals surface area contributed by atoms with Crippen molar-refractivity contribution in [3.05, 3.63) is 35.1 Å². The highest BCUT2D eigenvalue weighted by molar-refractivity contribution is 7.89. The predicted octanol–water partition coefficient (Wildman–Crippen LogP) is 2.07. The summed E-state index contributed by atoms with van der Waals surface area (Å²) < 4.78 is 67.1. The third-order valence-electron chi connectivity index (χ3n) is 5.21. The highest BCUT2D eigenvalue weighted by Gasteiger charge is 2.38. The lowest BCUT2D eigenvalue weighted by Gasteiger charge is -2.28. The van der Waals surface area contributed by atoms with Crippen LogP contribution in [0.25, 0.3) is 0 Å². The fourth-order valence-corrected chi connectivity index (χ4v) is 5.68. The smallest absolute Gasteiger partial charge is 0.216 e. The molecule has 2 rings (SSSR count). The van der Waals surface area contributed by atoms with Gasteiger partial charge in [0.2, 0.25) is 15.9 Å². The molecule has 0 spiro atoms. The van der Waals surface area contributed by atoms with E-state index < -0.39 is 33.5 Å². The van der Waals surface area contributed by atoms with Gasteiger partial charge in [-0.25, -0.2) is 21.6 Å². The van der Waals surface area contributed by atoms with E-state index in [0.717, 1.165) is 12.5 Å². The number of halogens is 3. The molecule has 29 heavy (non-hydrogen) atoms. The number of amides is 1. The number of hydrogen-bond donors (Lipinski definition) is 2. The molecule has 1 aliphatic heterocycles. The van der Waals surface area contributed by atoms with Crippen LogP contribution in [0.1, 0.15) is 45.1 Å². The van der Waals surface area contributed by atoms with Crippen molar-refractivity contribution in [2.45, 2.75) is 64.1 Å². The van der Waals surface area contributed by atoms with Gasteiger partial charge in [-0.2, -0.15) is 4.31 Å². The van der Waals surface area contributed by atoms with Crippen LogP contribution in [0.4, 0.5) is 13.2 Å². The summed E-state index contributed by atoms with van der Waals surface area (Å²) in [7, 11) is -3.55. The molecule has 1 aliphatic rings. The molecule has 3 atom stereocenters. The van der Waals surface area contributed by atoms with Gasteiger partial charge in [0.25, 0.3) is 0 Å². The lowest BCUT2D eigenvalue weighted by atomic mass is 9.99. The Balaban J connectivity index is 1.96. The number of rotatable bonds is 9. The zero-order valence-corrected chi connectivity index (χ0v) is 17.4. The molecule has 0 aliphatic carbocycles. The van der Waals surface area contributed by atoms with E-state index in [1.54, 1.807) is 0 Å². The Morgan fingerprint density at radius 3 is 2.55 bits per heavy atom. The molecule has 2 unspecified atom stereocenters. The van der Waals surface area contributed by atoms with E-state index >= 15 is 0 Å². The maximum Gasteiger partial charge on any atom is 0.216 e. The fourth-order valence-electron chi connectivity index (χ4n) is 3.79. The summed E-state index contributed by atoms with van der Waals surface area (Å²) in [6.45, 7) is 3.21. The molecule has 1 saturated heterocycles. The van der Waals surface area contributed by atoms with Crippen molar-refractivity contribution in [3.8, 4) is 0 Å². The summed E-state index contributed by atoms with van der Waals surface area (Å²) >= 11 is 0. The normalized spacial score (nSPS) is 21.3. The molecule has 1 aromatic carbocycles. The molecular weight excluding hydrogens is 407 g/mol. The second-order valence-electron chi connectivity index (χ2n) is 7.61. The number of carbonyl (C=O) groups is 1. The standard InChI is InChI=1S/C19H28F3N3O3S/c1-12-3-5-16(25(12)29(27,28)8-7-24-13(2)26)6-4-15(23)9-14-10-18(21)19(22)11-17(14)20/h10-12,15-16H,3-9,23H2,1-2H3,(H,24,26)/t12?,15-,16?/m0/s1. The average Bonchev–Trinajstić information content (AvgIpc) is 2.99. The van der Waals surface area contributed by atoms with Gasteiger partial charge in [0.15, 0.2) is 11.6 Å². The maximum atomic E-state index is 13.8. The van der Waals surface area contributed by atoms with Crippen LogP contribution in [-0.4, -0.2) is 49.1 Å². The van der Waals surface area contributed by atoms with E-state index in [9.17, 15) is 26.4 Å². The van der Waals surface area contributed by atoms with Crippen LogP contribution >= 0.6 is 0 Å².